The average Bonchev–Trinajstić information content (AvgIpc) is 2.94. The first-order valence-corrected chi connectivity index (χ1v) is 9.55. The SMILES string of the molecule is COc1ccc(N/C(C)=C2\C(=O)C(=O)N(CC(=O)O)C2c2ccc(Br)cc2)cc1. The molecule has 1 saturated heterocycles. The number of carboxylic acids is 1. The zero-order valence-corrected chi connectivity index (χ0v) is 17.4. The quantitative estimate of drug-likeness (QED) is 0.508. The lowest BCUT2D eigenvalue weighted by Crippen LogP contribution is -2.34. The number of likely N-dealkylation sites (tertiary alicyclic amines) is 1. The van der Waals surface area contributed by atoms with Crippen molar-refractivity contribution in [3.05, 3.63) is 69.8 Å². The number of carboxylic acid groups (broad SMARTS) is 1. The molecule has 2 aromatic carbocycles. The van der Waals surface area contributed by atoms with Gasteiger partial charge in [-0.2, -0.15) is 0 Å². The van der Waals surface area contributed by atoms with E-state index >= 15 is 0 Å². The summed E-state index contributed by atoms with van der Waals surface area (Å²) in [6.07, 6.45) is 0. The van der Waals surface area contributed by atoms with E-state index in [1.807, 2.05) is 0 Å². The Kier molecular flexibility index (Phi) is 6.03. The van der Waals surface area contributed by atoms with Gasteiger partial charge in [-0.05, 0) is 48.9 Å². The molecule has 0 aliphatic carbocycles. The van der Waals surface area contributed by atoms with Crippen LogP contribution in [0, 0.1) is 0 Å². The fourth-order valence-electron chi connectivity index (χ4n) is 3.28. The Balaban J connectivity index is 2.05. The molecular weight excluding hydrogens is 440 g/mol. The van der Waals surface area contributed by atoms with Gasteiger partial charge >= 0.3 is 5.97 Å². The molecule has 1 heterocycles. The highest BCUT2D eigenvalue weighted by Crippen LogP contribution is 2.38. The van der Waals surface area contributed by atoms with Crippen LogP contribution in [0.3, 0.4) is 0 Å². The van der Waals surface area contributed by atoms with Gasteiger partial charge in [-0.1, -0.05) is 28.1 Å². The summed E-state index contributed by atoms with van der Waals surface area (Å²) in [7, 11) is 1.57. The Labute approximate surface area is 176 Å². The third kappa shape index (κ3) is 4.32. The molecule has 1 atom stereocenters. The Morgan fingerprint density at radius 3 is 2.31 bits per heavy atom. The molecule has 2 N–H and O–H groups in total. The molecule has 0 bridgehead atoms. The van der Waals surface area contributed by atoms with Gasteiger partial charge in [-0.25, -0.2) is 0 Å². The number of carbonyl (C=O) groups is 3. The summed E-state index contributed by atoms with van der Waals surface area (Å²) < 4.78 is 5.97. The van der Waals surface area contributed by atoms with Crippen LogP contribution in [0.25, 0.3) is 0 Å². The molecular formula is C21H19BrN2O5. The number of amides is 1. The number of benzene rings is 2. The summed E-state index contributed by atoms with van der Waals surface area (Å²) in [5.41, 5.74) is 2.07. The number of hydrogen-bond acceptors (Lipinski definition) is 5. The predicted molar refractivity (Wildman–Crippen MR) is 111 cm³/mol. The second kappa shape index (κ2) is 8.48. The maximum absolute atomic E-state index is 12.8. The molecule has 150 valence electrons. The second-order valence-corrected chi connectivity index (χ2v) is 7.42. The largest absolute Gasteiger partial charge is 0.497 e. The maximum atomic E-state index is 12.8. The van der Waals surface area contributed by atoms with Crippen molar-refractivity contribution in [1.82, 2.24) is 4.90 Å². The monoisotopic (exact) mass is 458 g/mol. The maximum Gasteiger partial charge on any atom is 0.323 e. The van der Waals surface area contributed by atoms with Crippen molar-refractivity contribution in [3.63, 3.8) is 0 Å². The Morgan fingerprint density at radius 1 is 1.14 bits per heavy atom. The molecule has 0 saturated carbocycles. The minimum atomic E-state index is -1.18. The number of allylic oxidation sites excluding steroid dienone is 1. The van der Waals surface area contributed by atoms with Crippen LogP contribution in [0.15, 0.2) is 64.3 Å². The van der Waals surface area contributed by atoms with Gasteiger partial charge in [0.1, 0.15) is 12.3 Å². The summed E-state index contributed by atoms with van der Waals surface area (Å²) in [6.45, 7) is 1.13. The lowest BCUT2D eigenvalue weighted by molar-refractivity contribution is -0.146. The zero-order chi connectivity index (χ0) is 21.1. The van der Waals surface area contributed by atoms with E-state index in [0.29, 0.717) is 22.7 Å². The first-order chi connectivity index (χ1) is 13.8. The number of hydrogen-bond donors (Lipinski definition) is 2. The number of rotatable bonds is 6. The van der Waals surface area contributed by atoms with E-state index in [-0.39, 0.29) is 5.57 Å². The number of ketones is 1. The highest BCUT2D eigenvalue weighted by Gasteiger charge is 2.45. The molecule has 8 heteroatoms. The van der Waals surface area contributed by atoms with Crippen molar-refractivity contribution in [3.8, 4) is 5.75 Å². The molecule has 2 aromatic rings. The predicted octanol–water partition coefficient (Wildman–Crippen LogP) is 3.38. The lowest BCUT2D eigenvalue weighted by Gasteiger charge is -2.24. The zero-order valence-electron chi connectivity index (χ0n) is 15.8. The Bertz CT molecular complexity index is 983. The molecule has 0 spiro atoms. The van der Waals surface area contributed by atoms with Crippen molar-refractivity contribution in [2.45, 2.75) is 13.0 Å². The van der Waals surface area contributed by atoms with E-state index < -0.39 is 30.2 Å². The average molecular weight is 459 g/mol. The molecule has 3 rings (SSSR count). The van der Waals surface area contributed by atoms with Crippen LogP contribution in [0.4, 0.5) is 5.69 Å². The number of anilines is 1. The molecule has 29 heavy (non-hydrogen) atoms. The number of ether oxygens (including phenoxy) is 1. The molecule has 1 aliphatic rings. The van der Waals surface area contributed by atoms with Crippen LogP contribution >= 0.6 is 15.9 Å². The smallest absolute Gasteiger partial charge is 0.323 e. The van der Waals surface area contributed by atoms with Gasteiger partial charge in [0, 0.05) is 15.9 Å². The molecule has 1 aliphatic heterocycles. The molecule has 0 aromatic heterocycles. The number of nitrogens with zero attached hydrogens (tertiary/aromatic N) is 1. The molecule has 1 amide bonds. The summed E-state index contributed by atoms with van der Waals surface area (Å²) in [6, 6.07) is 13.4. The number of nitrogens with one attached hydrogen (secondary N) is 1. The van der Waals surface area contributed by atoms with Gasteiger partial charge in [0.25, 0.3) is 11.7 Å². The van der Waals surface area contributed by atoms with Crippen LogP contribution < -0.4 is 10.1 Å². The second-order valence-electron chi connectivity index (χ2n) is 6.50. The van der Waals surface area contributed by atoms with Crippen molar-refractivity contribution >= 4 is 39.3 Å². The highest BCUT2D eigenvalue weighted by atomic mass is 79.9. The first-order valence-electron chi connectivity index (χ1n) is 8.76. The molecule has 0 radical (unpaired) electrons. The van der Waals surface area contributed by atoms with E-state index in [0.717, 1.165) is 9.37 Å². The Morgan fingerprint density at radius 2 is 1.76 bits per heavy atom. The standard InChI is InChI=1S/C21H19BrN2O5/c1-12(23-15-7-9-16(29-2)10-8-15)18-19(13-3-5-14(22)6-4-13)24(11-17(25)26)21(28)20(18)27/h3-10,19,23H,11H2,1-2H3,(H,25,26)/b18-12-. The third-order valence-corrected chi connectivity index (χ3v) is 5.13. The van der Waals surface area contributed by atoms with E-state index in [1.165, 1.54) is 0 Å². The van der Waals surface area contributed by atoms with E-state index in [4.69, 9.17) is 4.74 Å². The number of Topliss-reactive ketones (excluding diaryl/α,β-unsaturated/α-hetero) is 1. The minimum absolute atomic E-state index is 0.231. The molecule has 1 fully saturated rings. The fraction of sp³-hybridized carbons (Fsp3) is 0.190. The summed E-state index contributed by atoms with van der Waals surface area (Å²) >= 11 is 3.36. The van der Waals surface area contributed by atoms with E-state index in [2.05, 4.69) is 21.2 Å². The summed E-state index contributed by atoms with van der Waals surface area (Å²) in [4.78, 5) is 37.7. The van der Waals surface area contributed by atoms with Crippen molar-refractivity contribution in [2.24, 2.45) is 0 Å². The fourth-order valence-corrected chi connectivity index (χ4v) is 3.54. The number of carbonyl (C=O) groups excluding carboxylic acids is 2. The minimum Gasteiger partial charge on any atom is -0.497 e. The van der Waals surface area contributed by atoms with E-state index in [9.17, 15) is 19.5 Å². The topological polar surface area (TPSA) is 95.9 Å². The van der Waals surface area contributed by atoms with Crippen LogP contribution in [-0.4, -0.2) is 41.3 Å². The van der Waals surface area contributed by atoms with Crippen LogP contribution in [0.5, 0.6) is 5.75 Å². The van der Waals surface area contributed by atoms with Gasteiger partial charge in [-0.3, -0.25) is 14.4 Å². The van der Waals surface area contributed by atoms with Gasteiger partial charge in [0.15, 0.2) is 0 Å². The van der Waals surface area contributed by atoms with Crippen LogP contribution in [0.2, 0.25) is 0 Å². The number of aliphatic carboxylic acids is 1. The van der Waals surface area contributed by atoms with Crippen molar-refractivity contribution in [2.75, 3.05) is 19.0 Å². The number of halogens is 1. The van der Waals surface area contributed by atoms with Crippen LogP contribution in [0.1, 0.15) is 18.5 Å². The number of methoxy groups -OCH3 is 1. The normalized spacial score (nSPS) is 18.0. The van der Waals surface area contributed by atoms with Gasteiger partial charge in [0.2, 0.25) is 0 Å². The van der Waals surface area contributed by atoms with Crippen molar-refractivity contribution in [1.29, 1.82) is 0 Å². The van der Waals surface area contributed by atoms with Gasteiger partial charge in [-0.15, -0.1) is 0 Å². The summed E-state index contributed by atoms with van der Waals surface area (Å²) in [5, 5.41) is 12.4. The van der Waals surface area contributed by atoms with Gasteiger partial charge in [0.05, 0.1) is 18.7 Å². The first kappa shape index (κ1) is 20.6. The third-order valence-electron chi connectivity index (χ3n) is 4.60. The van der Waals surface area contributed by atoms with Gasteiger partial charge < -0.3 is 20.1 Å². The highest BCUT2D eigenvalue weighted by molar-refractivity contribution is 9.10. The van der Waals surface area contributed by atoms with Crippen molar-refractivity contribution < 1.29 is 24.2 Å². The lowest BCUT2D eigenvalue weighted by atomic mass is 9.97. The molecule has 1 unspecified atom stereocenters. The Hall–Kier alpha value is -3.13. The van der Waals surface area contributed by atoms with Crippen LogP contribution in [-0.2, 0) is 14.4 Å². The summed E-state index contributed by atoms with van der Waals surface area (Å²) in [5.74, 6) is -2.03. The van der Waals surface area contributed by atoms with E-state index in [1.54, 1.807) is 62.6 Å². The molecule has 7 nitrogen and oxygen atoms in total.